The molecule has 1 aliphatic rings. The van der Waals surface area contributed by atoms with Crippen molar-refractivity contribution >= 4 is 18.8 Å². The lowest BCUT2D eigenvalue weighted by atomic mass is 9.72. The van der Waals surface area contributed by atoms with Crippen LogP contribution in [-0.2, 0) is 20.7 Å². The maximum atomic E-state index is 12.0. The van der Waals surface area contributed by atoms with Crippen molar-refractivity contribution in [1.29, 1.82) is 0 Å². The highest BCUT2D eigenvalue weighted by atomic mass is 16.5. The lowest BCUT2D eigenvalue weighted by Gasteiger charge is -2.31. The van der Waals surface area contributed by atoms with E-state index >= 15 is 0 Å². The molecule has 0 bridgehead atoms. The summed E-state index contributed by atoms with van der Waals surface area (Å²) < 4.78 is 6.24. The van der Waals surface area contributed by atoms with Crippen molar-refractivity contribution < 1.29 is 29.2 Å². The van der Waals surface area contributed by atoms with E-state index in [1.807, 2.05) is 0 Å². The third kappa shape index (κ3) is 4.54. The molecule has 22 heavy (non-hydrogen) atoms. The molecular weight excluding hydrogens is 287 g/mol. The summed E-state index contributed by atoms with van der Waals surface area (Å²) in [7, 11) is -1.13. The Bertz CT molecular complexity index is 554. The number of nitrogens with zero attached hydrogens (tertiary/aromatic N) is 1. The standard InChI is InChI=1S/C14H19BN2O5/c1-10(18)8-12-5-6-13(15(20)22-12)16-14(19)9-11-4-2-3-7-17(11)21/h2-4,7,12-13,20H,5-6,8-9H2,1H3,(H-,16,19,21)/p+1/t12-,13-/m0/s1. The Labute approximate surface area is 129 Å². The summed E-state index contributed by atoms with van der Waals surface area (Å²) in [5.74, 6) is -0.811. The van der Waals surface area contributed by atoms with E-state index in [0.717, 1.165) is 4.73 Å². The van der Waals surface area contributed by atoms with Crippen LogP contribution in [0.1, 0.15) is 31.9 Å². The van der Waals surface area contributed by atoms with Crippen LogP contribution >= 0.6 is 0 Å². The molecule has 2 atom stereocenters. The number of Topliss-reactive ketones (excluding diaryl/α,β-unsaturated/α-hetero) is 1. The van der Waals surface area contributed by atoms with Crippen molar-refractivity contribution in [3.8, 4) is 0 Å². The number of pyridine rings is 1. The minimum absolute atomic E-state index is 0.00255. The Morgan fingerprint density at radius 3 is 2.86 bits per heavy atom. The molecule has 0 radical (unpaired) electrons. The summed E-state index contributed by atoms with van der Waals surface area (Å²) in [6, 6.07) is 5.01. The minimum atomic E-state index is -1.13. The molecule has 1 amide bonds. The molecule has 0 spiro atoms. The van der Waals surface area contributed by atoms with Crippen molar-refractivity contribution in [1.82, 2.24) is 5.32 Å². The molecule has 0 aromatic carbocycles. The van der Waals surface area contributed by atoms with Crippen LogP contribution in [0.2, 0.25) is 0 Å². The highest BCUT2D eigenvalue weighted by molar-refractivity contribution is 6.45. The summed E-state index contributed by atoms with van der Waals surface area (Å²) in [5.41, 5.74) is 0.445. The molecule has 1 saturated heterocycles. The molecule has 1 aliphatic heterocycles. The van der Waals surface area contributed by atoms with Gasteiger partial charge in [-0.25, -0.2) is 0 Å². The zero-order valence-electron chi connectivity index (χ0n) is 12.4. The molecule has 1 aromatic rings. The Morgan fingerprint density at radius 2 is 2.23 bits per heavy atom. The topological polar surface area (TPSA) is 99.7 Å². The van der Waals surface area contributed by atoms with Gasteiger partial charge in [0.15, 0.2) is 0 Å². The van der Waals surface area contributed by atoms with Crippen LogP contribution in [0.25, 0.3) is 0 Å². The fraction of sp³-hybridized carbons (Fsp3) is 0.500. The van der Waals surface area contributed by atoms with Crippen molar-refractivity contribution in [3.63, 3.8) is 0 Å². The van der Waals surface area contributed by atoms with Gasteiger partial charge < -0.3 is 15.0 Å². The van der Waals surface area contributed by atoms with Crippen molar-refractivity contribution in [2.75, 3.05) is 0 Å². The first-order chi connectivity index (χ1) is 10.5. The van der Waals surface area contributed by atoms with E-state index in [2.05, 4.69) is 5.32 Å². The van der Waals surface area contributed by atoms with Gasteiger partial charge >= 0.3 is 7.12 Å². The third-order valence-corrected chi connectivity index (χ3v) is 3.60. The molecule has 1 aromatic heterocycles. The van der Waals surface area contributed by atoms with Crippen LogP contribution in [-0.4, -0.2) is 41.1 Å². The lowest BCUT2D eigenvalue weighted by Crippen LogP contribution is -2.53. The van der Waals surface area contributed by atoms with Crippen LogP contribution < -0.4 is 10.0 Å². The molecule has 2 heterocycles. The number of carbonyl (C=O) groups is 2. The molecule has 2 rings (SSSR count). The third-order valence-electron chi connectivity index (χ3n) is 3.60. The summed E-state index contributed by atoms with van der Waals surface area (Å²) >= 11 is 0. The van der Waals surface area contributed by atoms with E-state index in [1.54, 1.807) is 18.2 Å². The Kier molecular flexibility index (Phi) is 5.51. The van der Waals surface area contributed by atoms with Gasteiger partial charge in [0, 0.05) is 29.4 Å². The number of nitrogens with one attached hydrogen (secondary N) is 1. The van der Waals surface area contributed by atoms with Gasteiger partial charge in [-0.1, -0.05) is 0 Å². The second-order valence-corrected chi connectivity index (χ2v) is 5.52. The second-order valence-electron chi connectivity index (χ2n) is 5.52. The summed E-state index contributed by atoms with van der Waals surface area (Å²) in [6.07, 6.45) is 2.55. The highest BCUT2D eigenvalue weighted by Gasteiger charge is 2.36. The molecule has 118 valence electrons. The van der Waals surface area contributed by atoms with E-state index < -0.39 is 13.1 Å². The fourth-order valence-corrected chi connectivity index (χ4v) is 2.51. The summed E-state index contributed by atoms with van der Waals surface area (Å²) in [4.78, 5) is 23.0. The molecular formula is C14H20BN2O5+. The van der Waals surface area contributed by atoms with Crippen LogP contribution in [0.5, 0.6) is 0 Å². The smallest absolute Gasteiger partial charge is 0.426 e. The number of carbonyl (C=O) groups excluding carboxylic acids is 2. The van der Waals surface area contributed by atoms with Crippen molar-refractivity contribution in [3.05, 3.63) is 30.1 Å². The average molecular weight is 307 g/mol. The Hall–Kier alpha value is -1.93. The largest absolute Gasteiger partial charge is 0.478 e. The van der Waals surface area contributed by atoms with Gasteiger partial charge in [-0.05, 0) is 25.8 Å². The van der Waals surface area contributed by atoms with Crippen LogP contribution in [0, 0.1) is 0 Å². The van der Waals surface area contributed by atoms with Crippen LogP contribution in [0.3, 0.4) is 0 Å². The zero-order valence-corrected chi connectivity index (χ0v) is 12.4. The van der Waals surface area contributed by atoms with E-state index in [-0.39, 0.29) is 30.6 Å². The zero-order chi connectivity index (χ0) is 16.1. The van der Waals surface area contributed by atoms with Gasteiger partial charge in [-0.15, -0.1) is 0 Å². The maximum absolute atomic E-state index is 12.0. The van der Waals surface area contributed by atoms with E-state index in [1.165, 1.54) is 13.1 Å². The van der Waals surface area contributed by atoms with Crippen LogP contribution in [0.4, 0.5) is 0 Å². The lowest BCUT2D eigenvalue weighted by molar-refractivity contribution is -0.909. The molecule has 3 N–H and O–H groups in total. The van der Waals surface area contributed by atoms with Gasteiger partial charge in [0.05, 0.1) is 5.94 Å². The monoisotopic (exact) mass is 307 g/mol. The number of aromatic nitrogens is 1. The SMILES string of the molecule is CC(=O)C[C@@H]1CC[C@H](NC(=O)Cc2cccc[n+]2O)B(O)O1. The van der Waals surface area contributed by atoms with Gasteiger partial charge in [-0.2, -0.15) is 0 Å². The Morgan fingerprint density at radius 1 is 1.45 bits per heavy atom. The van der Waals surface area contributed by atoms with E-state index in [4.69, 9.17) is 4.65 Å². The first-order valence-electron chi connectivity index (χ1n) is 7.27. The van der Waals surface area contributed by atoms with Crippen molar-refractivity contribution in [2.24, 2.45) is 0 Å². The first-order valence-corrected chi connectivity index (χ1v) is 7.27. The number of amides is 1. The summed E-state index contributed by atoms with van der Waals surface area (Å²) in [6.45, 7) is 1.48. The van der Waals surface area contributed by atoms with Gasteiger partial charge in [0.1, 0.15) is 12.2 Å². The van der Waals surface area contributed by atoms with Crippen LogP contribution in [0.15, 0.2) is 24.4 Å². The number of ketones is 1. The molecule has 1 fully saturated rings. The quantitative estimate of drug-likeness (QED) is 0.384. The predicted molar refractivity (Wildman–Crippen MR) is 76.8 cm³/mol. The summed E-state index contributed by atoms with van der Waals surface area (Å²) in [5, 5.41) is 22.2. The van der Waals surface area contributed by atoms with E-state index in [9.17, 15) is 19.8 Å². The van der Waals surface area contributed by atoms with E-state index in [0.29, 0.717) is 18.5 Å². The number of rotatable bonds is 5. The maximum Gasteiger partial charge on any atom is 0.478 e. The van der Waals surface area contributed by atoms with Gasteiger partial charge in [-0.3, -0.25) is 14.8 Å². The second kappa shape index (κ2) is 7.37. The normalized spacial score (nSPS) is 21.5. The Balaban J connectivity index is 1.85. The number of hydrogen-bond acceptors (Lipinski definition) is 5. The van der Waals surface area contributed by atoms with Gasteiger partial charge in [0.25, 0.3) is 0 Å². The van der Waals surface area contributed by atoms with Gasteiger partial charge in [0.2, 0.25) is 17.8 Å². The molecule has 0 unspecified atom stereocenters. The average Bonchev–Trinajstić information content (AvgIpc) is 2.44. The molecule has 8 heteroatoms. The number of hydrogen-bond donors (Lipinski definition) is 3. The predicted octanol–water partition coefficient (Wildman–Crippen LogP) is -0.583. The fourth-order valence-electron chi connectivity index (χ4n) is 2.51. The molecule has 0 aliphatic carbocycles. The first kappa shape index (κ1) is 16.4. The highest BCUT2D eigenvalue weighted by Crippen LogP contribution is 2.18. The molecule has 7 nitrogen and oxygen atoms in total. The minimum Gasteiger partial charge on any atom is -0.426 e. The molecule has 0 saturated carbocycles. The van der Waals surface area contributed by atoms with Crippen molar-refractivity contribution in [2.45, 2.75) is 44.7 Å².